The molecule has 0 radical (unpaired) electrons. The van der Waals surface area contributed by atoms with Gasteiger partial charge in [-0.05, 0) is 12.0 Å². The van der Waals surface area contributed by atoms with E-state index in [2.05, 4.69) is 10.3 Å². The molecule has 0 amide bonds. The number of aromatic nitrogens is 1. The Labute approximate surface area is 77.0 Å². The van der Waals surface area contributed by atoms with E-state index in [-0.39, 0.29) is 12.3 Å². The van der Waals surface area contributed by atoms with E-state index in [0.717, 1.165) is 5.69 Å². The highest BCUT2D eigenvalue weighted by Gasteiger charge is 2.06. The zero-order chi connectivity index (χ0) is 9.68. The second-order valence-electron chi connectivity index (χ2n) is 3.18. The van der Waals surface area contributed by atoms with E-state index >= 15 is 0 Å². The fraction of sp³-hybridized carbons (Fsp3) is 0.444. The number of aliphatic carboxylic acids is 1. The van der Waals surface area contributed by atoms with Crippen LogP contribution in [0.3, 0.4) is 0 Å². The molecule has 1 aromatic heterocycles. The summed E-state index contributed by atoms with van der Waals surface area (Å²) in [5.74, 6) is -0.601. The third-order valence-electron chi connectivity index (χ3n) is 1.78. The molecule has 0 saturated carbocycles. The summed E-state index contributed by atoms with van der Waals surface area (Å²) in [6.07, 6.45) is 3.87. The zero-order valence-corrected chi connectivity index (χ0v) is 7.58. The maximum atomic E-state index is 10.3. The van der Waals surface area contributed by atoms with Gasteiger partial charge < -0.3 is 15.4 Å². The molecule has 1 heterocycles. The SMILES string of the molecule is CC(CNc1cc[nH]c1)CC(=O)O. The number of rotatable bonds is 5. The van der Waals surface area contributed by atoms with Crippen LogP contribution in [-0.4, -0.2) is 22.6 Å². The van der Waals surface area contributed by atoms with Crippen molar-refractivity contribution in [3.05, 3.63) is 18.5 Å². The van der Waals surface area contributed by atoms with Crippen molar-refractivity contribution in [3.8, 4) is 0 Å². The Morgan fingerprint density at radius 2 is 2.54 bits per heavy atom. The minimum atomic E-state index is -0.747. The number of hydrogen-bond acceptors (Lipinski definition) is 2. The summed E-state index contributed by atoms with van der Waals surface area (Å²) in [6.45, 7) is 2.60. The first-order valence-corrected chi connectivity index (χ1v) is 4.27. The Morgan fingerprint density at radius 3 is 3.08 bits per heavy atom. The largest absolute Gasteiger partial charge is 0.481 e. The molecule has 1 atom stereocenters. The quantitative estimate of drug-likeness (QED) is 0.647. The molecule has 0 saturated heterocycles. The van der Waals surface area contributed by atoms with E-state index in [0.29, 0.717) is 6.54 Å². The molecule has 3 N–H and O–H groups in total. The van der Waals surface area contributed by atoms with Gasteiger partial charge in [-0.1, -0.05) is 6.92 Å². The van der Waals surface area contributed by atoms with Gasteiger partial charge in [-0.2, -0.15) is 0 Å². The standard InChI is InChI=1S/C9H14N2O2/c1-7(4-9(12)13)5-11-8-2-3-10-6-8/h2-3,6-7,10-11H,4-5H2,1H3,(H,12,13). The highest BCUT2D eigenvalue weighted by molar-refractivity contribution is 5.67. The molecule has 0 aliphatic rings. The molecule has 0 aliphatic heterocycles. The molecule has 4 nitrogen and oxygen atoms in total. The van der Waals surface area contributed by atoms with Crippen molar-refractivity contribution in [3.63, 3.8) is 0 Å². The normalized spacial score (nSPS) is 12.4. The molecule has 0 spiro atoms. The highest BCUT2D eigenvalue weighted by Crippen LogP contribution is 2.07. The van der Waals surface area contributed by atoms with Crippen LogP contribution in [0.15, 0.2) is 18.5 Å². The molecule has 1 aromatic rings. The fourth-order valence-corrected chi connectivity index (χ4v) is 1.10. The maximum absolute atomic E-state index is 10.3. The Morgan fingerprint density at radius 1 is 1.77 bits per heavy atom. The summed E-state index contributed by atoms with van der Waals surface area (Å²) >= 11 is 0. The molecule has 0 fully saturated rings. The van der Waals surface area contributed by atoms with Crippen LogP contribution in [0.25, 0.3) is 0 Å². The van der Waals surface area contributed by atoms with Crippen molar-refractivity contribution >= 4 is 11.7 Å². The van der Waals surface area contributed by atoms with Gasteiger partial charge in [0, 0.05) is 25.4 Å². The van der Waals surface area contributed by atoms with Crippen molar-refractivity contribution in [2.75, 3.05) is 11.9 Å². The van der Waals surface area contributed by atoms with Crippen LogP contribution >= 0.6 is 0 Å². The summed E-state index contributed by atoms with van der Waals surface area (Å²) < 4.78 is 0. The van der Waals surface area contributed by atoms with Gasteiger partial charge in [0.1, 0.15) is 0 Å². The number of carboxylic acid groups (broad SMARTS) is 1. The van der Waals surface area contributed by atoms with Crippen LogP contribution in [0.2, 0.25) is 0 Å². The lowest BCUT2D eigenvalue weighted by atomic mass is 10.1. The third-order valence-corrected chi connectivity index (χ3v) is 1.78. The van der Waals surface area contributed by atoms with Gasteiger partial charge in [0.05, 0.1) is 5.69 Å². The third kappa shape index (κ3) is 3.64. The lowest BCUT2D eigenvalue weighted by Gasteiger charge is -2.09. The summed E-state index contributed by atoms with van der Waals surface area (Å²) in [7, 11) is 0. The van der Waals surface area contributed by atoms with E-state index in [9.17, 15) is 4.79 Å². The predicted octanol–water partition coefficient (Wildman–Crippen LogP) is 1.54. The first-order chi connectivity index (χ1) is 6.18. The van der Waals surface area contributed by atoms with Crippen LogP contribution < -0.4 is 5.32 Å². The van der Waals surface area contributed by atoms with Crippen molar-refractivity contribution in [1.29, 1.82) is 0 Å². The van der Waals surface area contributed by atoms with Gasteiger partial charge in [0.25, 0.3) is 0 Å². The lowest BCUT2D eigenvalue weighted by molar-refractivity contribution is -0.137. The second-order valence-corrected chi connectivity index (χ2v) is 3.18. The molecule has 4 heteroatoms. The predicted molar refractivity (Wildman–Crippen MR) is 50.7 cm³/mol. The number of H-pyrrole nitrogens is 1. The van der Waals surface area contributed by atoms with Crippen LogP contribution in [0, 0.1) is 5.92 Å². The van der Waals surface area contributed by atoms with Crippen LogP contribution in [0.5, 0.6) is 0 Å². The molecule has 0 aliphatic carbocycles. The Balaban J connectivity index is 2.22. The highest BCUT2D eigenvalue weighted by atomic mass is 16.4. The van der Waals surface area contributed by atoms with Crippen molar-refractivity contribution in [2.24, 2.45) is 5.92 Å². The van der Waals surface area contributed by atoms with E-state index in [4.69, 9.17) is 5.11 Å². The van der Waals surface area contributed by atoms with Crippen molar-refractivity contribution in [2.45, 2.75) is 13.3 Å². The number of hydrogen-bond donors (Lipinski definition) is 3. The Hall–Kier alpha value is -1.45. The minimum absolute atomic E-state index is 0.146. The molecular formula is C9H14N2O2. The maximum Gasteiger partial charge on any atom is 0.303 e. The number of carboxylic acids is 1. The lowest BCUT2D eigenvalue weighted by Crippen LogP contribution is -2.14. The van der Waals surface area contributed by atoms with E-state index < -0.39 is 5.97 Å². The number of nitrogens with one attached hydrogen (secondary N) is 2. The molecular weight excluding hydrogens is 168 g/mol. The summed E-state index contributed by atoms with van der Waals surface area (Å²) in [6, 6.07) is 1.91. The molecule has 1 unspecified atom stereocenters. The van der Waals surface area contributed by atoms with Gasteiger partial charge in [0.15, 0.2) is 0 Å². The molecule has 0 bridgehead atoms. The Kier molecular flexibility index (Phi) is 3.37. The fourth-order valence-electron chi connectivity index (χ4n) is 1.10. The number of carbonyl (C=O) groups is 1. The topological polar surface area (TPSA) is 65.1 Å². The molecule has 13 heavy (non-hydrogen) atoms. The van der Waals surface area contributed by atoms with E-state index in [1.165, 1.54) is 0 Å². The van der Waals surface area contributed by atoms with Crippen molar-refractivity contribution < 1.29 is 9.90 Å². The van der Waals surface area contributed by atoms with Gasteiger partial charge in [0.2, 0.25) is 0 Å². The molecule has 1 rings (SSSR count). The second kappa shape index (κ2) is 4.54. The number of anilines is 1. The summed E-state index contributed by atoms with van der Waals surface area (Å²) in [5.41, 5.74) is 0.997. The molecule has 72 valence electrons. The van der Waals surface area contributed by atoms with Gasteiger partial charge >= 0.3 is 5.97 Å². The van der Waals surface area contributed by atoms with Crippen molar-refractivity contribution in [1.82, 2.24) is 4.98 Å². The van der Waals surface area contributed by atoms with Crippen LogP contribution in [0.4, 0.5) is 5.69 Å². The van der Waals surface area contributed by atoms with Crippen LogP contribution in [-0.2, 0) is 4.79 Å². The summed E-state index contributed by atoms with van der Waals surface area (Å²) in [4.78, 5) is 13.3. The monoisotopic (exact) mass is 182 g/mol. The average Bonchev–Trinajstić information content (AvgIpc) is 2.51. The zero-order valence-electron chi connectivity index (χ0n) is 7.58. The average molecular weight is 182 g/mol. The number of aromatic amines is 1. The Bertz CT molecular complexity index is 257. The summed E-state index contributed by atoms with van der Waals surface area (Å²) in [5, 5.41) is 11.6. The van der Waals surface area contributed by atoms with Gasteiger partial charge in [-0.3, -0.25) is 4.79 Å². The first-order valence-electron chi connectivity index (χ1n) is 4.27. The smallest absolute Gasteiger partial charge is 0.303 e. The van der Waals surface area contributed by atoms with Crippen LogP contribution in [0.1, 0.15) is 13.3 Å². The first kappa shape index (κ1) is 9.64. The van der Waals surface area contributed by atoms with Gasteiger partial charge in [-0.15, -0.1) is 0 Å². The van der Waals surface area contributed by atoms with E-state index in [1.807, 2.05) is 25.4 Å². The minimum Gasteiger partial charge on any atom is -0.481 e. The van der Waals surface area contributed by atoms with E-state index in [1.54, 1.807) is 0 Å². The van der Waals surface area contributed by atoms with Gasteiger partial charge in [-0.25, -0.2) is 0 Å². The molecule has 0 aromatic carbocycles.